The van der Waals surface area contributed by atoms with E-state index >= 15 is 0 Å². The summed E-state index contributed by atoms with van der Waals surface area (Å²) in [6.07, 6.45) is 11.4. The highest BCUT2D eigenvalue weighted by Gasteiger charge is 2.37. The van der Waals surface area contributed by atoms with E-state index in [1.165, 1.54) is 76.5 Å². The smallest absolute Gasteiger partial charge is 0.0722 e. The van der Waals surface area contributed by atoms with Crippen LogP contribution in [-0.2, 0) is 0 Å². The molecule has 1 aliphatic heterocycles. The third-order valence-corrected chi connectivity index (χ3v) is 10.7. The lowest BCUT2D eigenvalue weighted by atomic mass is 9.92. The van der Waals surface area contributed by atoms with Gasteiger partial charge in [0, 0.05) is 32.7 Å². The van der Waals surface area contributed by atoms with Gasteiger partial charge in [-0.1, -0.05) is 104 Å². The summed E-state index contributed by atoms with van der Waals surface area (Å²) in [5.74, 6) is 0. The molecule has 3 heteroatoms. The Morgan fingerprint density at radius 2 is 1.51 bits per heavy atom. The fourth-order valence-corrected chi connectivity index (χ4v) is 8.73. The third-order valence-electron chi connectivity index (χ3n) is 9.41. The number of fused-ring (bicyclic) bond motifs is 3. The summed E-state index contributed by atoms with van der Waals surface area (Å²) in [7, 11) is 0. The molecule has 45 heavy (non-hydrogen) atoms. The predicted octanol–water partition coefficient (Wildman–Crippen LogP) is 11.8. The Morgan fingerprint density at radius 1 is 0.822 bits per heavy atom. The quantitative estimate of drug-likeness (QED) is 0.185. The first-order chi connectivity index (χ1) is 22.2. The molecular weight excluding hydrogens is 565 g/mol. The number of anilines is 1. The number of hydrogen-bond donors (Lipinski definition) is 0. The summed E-state index contributed by atoms with van der Waals surface area (Å²) in [5, 5.41) is 2.63. The van der Waals surface area contributed by atoms with Crippen molar-refractivity contribution in [2.75, 3.05) is 4.90 Å². The summed E-state index contributed by atoms with van der Waals surface area (Å²) >= 11 is 1.91. The molecule has 0 N–H and O–H groups in total. The Balaban J connectivity index is 1.41. The van der Waals surface area contributed by atoms with Gasteiger partial charge in [-0.3, -0.25) is 0 Å². The minimum atomic E-state index is 0.280. The maximum Gasteiger partial charge on any atom is 0.0722 e. The standard InChI is InChI=1S/C42H36N2S/c1-4-16-36-32(5-2)35-27-31(25-26-38(35)43(36)30-19-10-7-11-20-30)44-37-23-14-12-22-34(37)40(29-17-8-6-9-18-29)41(44)42-28(3)33-21-13-15-24-39(33)45-42/h4,6-25,27,38H,5,26H2,1-3H3/b16-4-. The minimum Gasteiger partial charge on any atom is -0.333 e. The van der Waals surface area contributed by atoms with Gasteiger partial charge in [-0.05, 0) is 90.8 Å². The van der Waals surface area contributed by atoms with Gasteiger partial charge in [-0.2, -0.15) is 0 Å². The van der Waals surface area contributed by atoms with E-state index in [1.807, 2.05) is 11.3 Å². The van der Waals surface area contributed by atoms with Crippen LogP contribution in [0, 0.1) is 6.92 Å². The van der Waals surface area contributed by atoms with Gasteiger partial charge in [-0.25, -0.2) is 0 Å². The number of thiophene rings is 1. The molecule has 0 fully saturated rings. The summed E-state index contributed by atoms with van der Waals surface area (Å²) < 4.78 is 3.89. The van der Waals surface area contributed by atoms with Gasteiger partial charge in [-0.15, -0.1) is 11.3 Å². The largest absolute Gasteiger partial charge is 0.333 e. The van der Waals surface area contributed by atoms with E-state index in [0.717, 1.165) is 12.8 Å². The van der Waals surface area contributed by atoms with Crippen LogP contribution in [0.5, 0.6) is 0 Å². The van der Waals surface area contributed by atoms with Crippen molar-refractivity contribution in [3.8, 4) is 21.7 Å². The number of hydrogen-bond acceptors (Lipinski definition) is 2. The summed E-state index contributed by atoms with van der Waals surface area (Å²) in [5.41, 5.74) is 13.1. The molecule has 220 valence electrons. The van der Waals surface area contributed by atoms with Crippen molar-refractivity contribution >= 4 is 43.7 Å². The van der Waals surface area contributed by atoms with E-state index in [-0.39, 0.29) is 6.04 Å². The molecule has 8 rings (SSSR count). The van der Waals surface area contributed by atoms with Crippen LogP contribution in [0.4, 0.5) is 5.69 Å². The molecule has 0 saturated carbocycles. The first kappa shape index (κ1) is 27.7. The SMILES string of the molecule is C/C=C\C1=C(CC)C2=CC(n3c(-c4sc5ccccc5c4C)c(-c4ccccc4)c4ccccc43)=CCC2N1c1ccccc1. The van der Waals surface area contributed by atoms with Crippen LogP contribution in [0.1, 0.15) is 32.3 Å². The highest BCUT2D eigenvalue weighted by atomic mass is 32.1. The van der Waals surface area contributed by atoms with Crippen molar-refractivity contribution < 1.29 is 0 Å². The maximum absolute atomic E-state index is 2.56. The van der Waals surface area contributed by atoms with E-state index in [2.05, 4.69) is 164 Å². The van der Waals surface area contributed by atoms with Gasteiger partial charge < -0.3 is 9.47 Å². The molecule has 0 amide bonds. The molecule has 1 atom stereocenters. The van der Waals surface area contributed by atoms with Crippen LogP contribution >= 0.6 is 11.3 Å². The van der Waals surface area contributed by atoms with E-state index in [0.29, 0.717) is 0 Å². The van der Waals surface area contributed by atoms with Crippen molar-refractivity contribution in [2.24, 2.45) is 0 Å². The van der Waals surface area contributed by atoms with E-state index in [4.69, 9.17) is 0 Å². The Bertz CT molecular complexity index is 2190. The van der Waals surface area contributed by atoms with Gasteiger partial charge in [0.15, 0.2) is 0 Å². The van der Waals surface area contributed by atoms with Crippen LogP contribution < -0.4 is 4.90 Å². The number of aromatic nitrogens is 1. The Labute approximate surface area is 269 Å². The summed E-state index contributed by atoms with van der Waals surface area (Å²) in [6.45, 7) is 6.72. The molecule has 2 nitrogen and oxygen atoms in total. The number of benzene rings is 4. The normalized spacial score (nSPS) is 16.6. The summed E-state index contributed by atoms with van der Waals surface area (Å²) in [4.78, 5) is 3.89. The van der Waals surface area contributed by atoms with Crippen LogP contribution in [0.2, 0.25) is 0 Å². The molecule has 0 radical (unpaired) electrons. The van der Waals surface area contributed by atoms with Crippen LogP contribution in [0.3, 0.4) is 0 Å². The van der Waals surface area contributed by atoms with Crippen molar-refractivity contribution in [2.45, 2.75) is 39.7 Å². The number of aryl methyl sites for hydroxylation is 1. The maximum atomic E-state index is 2.56. The van der Waals surface area contributed by atoms with Crippen molar-refractivity contribution in [1.29, 1.82) is 0 Å². The molecule has 1 aliphatic carbocycles. The summed E-state index contributed by atoms with van der Waals surface area (Å²) in [6, 6.07) is 39.9. The number of allylic oxidation sites excluding steroid dienone is 4. The molecule has 1 unspecified atom stereocenters. The molecule has 0 saturated heterocycles. The number of rotatable bonds is 6. The Hall–Kier alpha value is -4.86. The molecule has 0 bridgehead atoms. The Kier molecular flexibility index (Phi) is 6.92. The fourth-order valence-electron chi connectivity index (χ4n) is 7.48. The van der Waals surface area contributed by atoms with Crippen molar-refractivity contribution in [1.82, 2.24) is 4.57 Å². The topological polar surface area (TPSA) is 8.17 Å². The molecule has 4 aromatic carbocycles. The van der Waals surface area contributed by atoms with Gasteiger partial charge in [0.2, 0.25) is 0 Å². The van der Waals surface area contributed by atoms with Crippen LogP contribution in [0.25, 0.3) is 48.4 Å². The zero-order valence-corrected chi connectivity index (χ0v) is 26.8. The van der Waals surface area contributed by atoms with Gasteiger partial charge in [0.1, 0.15) is 0 Å². The van der Waals surface area contributed by atoms with E-state index in [9.17, 15) is 0 Å². The van der Waals surface area contributed by atoms with Gasteiger partial charge in [0.05, 0.1) is 22.1 Å². The number of nitrogens with zero attached hydrogens (tertiary/aromatic N) is 2. The van der Waals surface area contributed by atoms with E-state index < -0.39 is 0 Å². The van der Waals surface area contributed by atoms with Crippen molar-refractivity contribution in [3.05, 3.63) is 156 Å². The number of para-hydroxylation sites is 2. The highest BCUT2D eigenvalue weighted by Crippen LogP contribution is 2.50. The second kappa shape index (κ2) is 11.3. The van der Waals surface area contributed by atoms with Gasteiger partial charge >= 0.3 is 0 Å². The van der Waals surface area contributed by atoms with Crippen LogP contribution in [0.15, 0.2) is 150 Å². The average molecular weight is 601 g/mol. The first-order valence-corrected chi connectivity index (χ1v) is 16.8. The third kappa shape index (κ3) is 4.37. The fraction of sp³-hybridized carbons (Fsp3) is 0.143. The molecule has 6 aromatic rings. The minimum absolute atomic E-state index is 0.280. The molecular formula is C42H36N2S. The lowest BCUT2D eigenvalue weighted by Gasteiger charge is -2.31. The lowest BCUT2D eigenvalue weighted by Crippen LogP contribution is -2.31. The Morgan fingerprint density at radius 3 is 2.24 bits per heavy atom. The zero-order chi connectivity index (χ0) is 30.5. The second-order valence-corrected chi connectivity index (χ2v) is 12.9. The zero-order valence-electron chi connectivity index (χ0n) is 26.0. The highest BCUT2D eigenvalue weighted by molar-refractivity contribution is 7.22. The average Bonchev–Trinajstić information content (AvgIpc) is 3.72. The van der Waals surface area contributed by atoms with Crippen LogP contribution in [-0.4, -0.2) is 10.6 Å². The molecule has 2 aliphatic rings. The molecule has 0 spiro atoms. The van der Waals surface area contributed by atoms with E-state index in [1.54, 1.807) is 0 Å². The predicted molar refractivity (Wildman–Crippen MR) is 195 cm³/mol. The monoisotopic (exact) mass is 600 g/mol. The second-order valence-electron chi connectivity index (χ2n) is 11.9. The lowest BCUT2D eigenvalue weighted by molar-refractivity contribution is 0.762. The molecule has 3 heterocycles. The first-order valence-electron chi connectivity index (χ1n) is 16.0. The van der Waals surface area contributed by atoms with Crippen molar-refractivity contribution in [3.63, 3.8) is 0 Å². The van der Waals surface area contributed by atoms with Gasteiger partial charge in [0.25, 0.3) is 0 Å². The molecule has 2 aromatic heterocycles.